The maximum Gasteiger partial charge on any atom is 0.335 e. The summed E-state index contributed by atoms with van der Waals surface area (Å²) in [7, 11) is 0. The topological polar surface area (TPSA) is 49.3 Å². The molecular weight excluding hydrogens is 202 g/mol. The second kappa shape index (κ2) is 3.24. The van der Waals surface area contributed by atoms with E-state index in [1.165, 1.54) is 31.2 Å². The minimum absolute atomic E-state index is 0.223. The third kappa shape index (κ3) is 1.24. The lowest BCUT2D eigenvalue weighted by Crippen LogP contribution is -2.24. The molecule has 0 bridgehead atoms. The first kappa shape index (κ1) is 9.70. The van der Waals surface area contributed by atoms with Crippen molar-refractivity contribution in [3.63, 3.8) is 0 Å². The molecular formula is C13H15NO2. The molecule has 0 amide bonds. The summed E-state index contributed by atoms with van der Waals surface area (Å²) in [6.07, 6.45) is 4.91. The van der Waals surface area contributed by atoms with E-state index in [4.69, 9.17) is 5.11 Å². The van der Waals surface area contributed by atoms with Gasteiger partial charge in [0.2, 0.25) is 0 Å². The van der Waals surface area contributed by atoms with Gasteiger partial charge >= 0.3 is 5.97 Å². The largest absolute Gasteiger partial charge is 0.478 e. The Morgan fingerprint density at radius 3 is 2.75 bits per heavy atom. The highest BCUT2D eigenvalue weighted by Crippen LogP contribution is 2.48. The van der Waals surface area contributed by atoms with Crippen LogP contribution in [0, 0.1) is 0 Å². The van der Waals surface area contributed by atoms with E-state index in [0.29, 0.717) is 5.56 Å². The predicted octanol–water partition coefficient (Wildman–Crippen LogP) is 2.62. The Kier molecular flexibility index (Phi) is 1.96. The Morgan fingerprint density at radius 2 is 2.06 bits per heavy atom. The number of benzene rings is 1. The molecule has 0 aromatic heterocycles. The summed E-state index contributed by atoms with van der Waals surface area (Å²) in [4.78, 5) is 11.0. The number of hydrogen-bond donors (Lipinski definition) is 2. The number of hydrogen-bond acceptors (Lipinski definition) is 2. The van der Waals surface area contributed by atoms with Gasteiger partial charge < -0.3 is 10.4 Å². The van der Waals surface area contributed by atoms with E-state index >= 15 is 0 Å². The summed E-state index contributed by atoms with van der Waals surface area (Å²) in [5.74, 6) is -0.831. The van der Waals surface area contributed by atoms with Crippen molar-refractivity contribution < 1.29 is 9.90 Å². The standard InChI is InChI=1S/C13H15NO2/c15-12(16)9-3-4-11-10(7-9)13(8-14-11)5-1-2-6-13/h3-4,7,14H,1-2,5-6,8H2,(H,15,16). The molecule has 3 rings (SSSR count). The Morgan fingerprint density at radius 1 is 1.31 bits per heavy atom. The van der Waals surface area contributed by atoms with Crippen molar-refractivity contribution in [1.82, 2.24) is 0 Å². The number of carbonyl (C=O) groups is 1. The predicted molar refractivity (Wildman–Crippen MR) is 62.0 cm³/mol. The zero-order chi connectivity index (χ0) is 11.2. The van der Waals surface area contributed by atoms with Gasteiger partial charge in [0.05, 0.1) is 5.56 Å². The fraction of sp³-hybridized carbons (Fsp3) is 0.462. The second-order valence-corrected chi connectivity index (χ2v) is 4.91. The van der Waals surface area contributed by atoms with Gasteiger partial charge in [-0.3, -0.25) is 0 Å². The molecule has 1 saturated carbocycles. The molecule has 84 valence electrons. The van der Waals surface area contributed by atoms with Crippen LogP contribution < -0.4 is 5.32 Å². The number of nitrogens with one attached hydrogen (secondary N) is 1. The van der Waals surface area contributed by atoms with E-state index in [2.05, 4.69) is 5.32 Å². The maximum atomic E-state index is 11.0. The first-order valence-corrected chi connectivity index (χ1v) is 5.83. The van der Waals surface area contributed by atoms with E-state index in [1.807, 2.05) is 12.1 Å². The van der Waals surface area contributed by atoms with Crippen LogP contribution in [-0.4, -0.2) is 17.6 Å². The third-order valence-corrected chi connectivity index (χ3v) is 4.02. The van der Waals surface area contributed by atoms with Crippen LogP contribution >= 0.6 is 0 Å². The molecule has 2 N–H and O–H groups in total. The Labute approximate surface area is 94.5 Å². The SMILES string of the molecule is O=C(O)c1ccc2c(c1)C1(CCCC1)CN2. The van der Waals surface area contributed by atoms with E-state index in [-0.39, 0.29) is 5.41 Å². The van der Waals surface area contributed by atoms with Crippen molar-refractivity contribution >= 4 is 11.7 Å². The van der Waals surface area contributed by atoms with Gasteiger partial charge in [0.25, 0.3) is 0 Å². The highest BCUT2D eigenvalue weighted by atomic mass is 16.4. The lowest BCUT2D eigenvalue weighted by molar-refractivity contribution is 0.0697. The van der Waals surface area contributed by atoms with E-state index in [1.54, 1.807) is 6.07 Å². The van der Waals surface area contributed by atoms with Gasteiger partial charge in [-0.15, -0.1) is 0 Å². The Bertz CT molecular complexity index is 447. The van der Waals surface area contributed by atoms with E-state index in [9.17, 15) is 4.79 Å². The van der Waals surface area contributed by atoms with Crippen molar-refractivity contribution in [2.75, 3.05) is 11.9 Å². The molecule has 2 aliphatic rings. The molecule has 3 nitrogen and oxygen atoms in total. The maximum absolute atomic E-state index is 11.0. The molecule has 1 aromatic rings. The minimum Gasteiger partial charge on any atom is -0.478 e. The number of aromatic carboxylic acids is 1. The normalized spacial score (nSPS) is 20.8. The summed E-state index contributed by atoms with van der Waals surface area (Å²) in [6.45, 7) is 0.978. The first-order chi connectivity index (χ1) is 7.71. The van der Waals surface area contributed by atoms with E-state index < -0.39 is 5.97 Å². The summed E-state index contributed by atoms with van der Waals surface area (Å²) in [5, 5.41) is 12.4. The molecule has 1 aromatic carbocycles. The fourth-order valence-electron chi connectivity index (χ4n) is 3.13. The molecule has 0 radical (unpaired) electrons. The minimum atomic E-state index is -0.831. The summed E-state index contributed by atoms with van der Waals surface area (Å²) in [6, 6.07) is 5.46. The molecule has 1 spiro atoms. The monoisotopic (exact) mass is 217 g/mol. The van der Waals surface area contributed by atoms with Crippen LogP contribution in [0.1, 0.15) is 41.6 Å². The number of carboxylic acid groups (broad SMARTS) is 1. The van der Waals surface area contributed by atoms with Crippen molar-refractivity contribution in [3.8, 4) is 0 Å². The first-order valence-electron chi connectivity index (χ1n) is 5.83. The zero-order valence-electron chi connectivity index (χ0n) is 9.12. The molecule has 1 heterocycles. The molecule has 1 aliphatic carbocycles. The molecule has 16 heavy (non-hydrogen) atoms. The van der Waals surface area contributed by atoms with Crippen LogP contribution in [0.25, 0.3) is 0 Å². The van der Waals surface area contributed by atoms with Crippen LogP contribution in [0.3, 0.4) is 0 Å². The average molecular weight is 217 g/mol. The highest BCUT2D eigenvalue weighted by Gasteiger charge is 2.41. The smallest absolute Gasteiger partial charge is 0.335 e. The lowest BCUT2D eigenvalue weighted by atomic mass is 9.80. The van der Waals surface area contributed by atoms with Crippen LogP contribution in [-0.2, 0) is 5.41 Å². The van der Waals surface area contributed by atoms with Gasteiger partial charge in [-0.1, -0.05) is 12.8 Å². The van der Waals surface area contributed by atoms with Gasteiger partial charge in [0.1, 0.15) is 0 Å². The third-order valence-electron chi connectivity index (χ3n) is 4.02. The number of carboxylic acids is 1. The fourth-order valence-corrected chi connectivity index (χ4v) is 3.13. The van der Waals surface area contributed by atoms with Crippen molar-refractivity contribution in [3.05, 3.63) is 29.3 Å². The van der Waals surface area contributed by atoms with Gasteiger partial charge in [-0.05, 0) is 36.6 Å². The quantitative estimate of drug-likeness (QED) is 0.760. The molecule has 1 aliphatic heterocycles. The molecule has 3 heteroatoms. The summed E-state index contributed by atoms with van der Waals surface area (Å²) >= 11 is 0. The summed E-state index contributed by atoms with van der Waals surface area (Å²) in [5.41, 5.74) is 2.99. The highest BCUT2D eigenvalue weighted by molar-refractivity contribution is 5.89. The molecule has 0 saturated heterocycles. The van der Waals surface area contributed by atoms with Crippen molar-refractivity contribution in [1.29, 1.82) is 0 Å². The Balaban J connectivity index is 2.09. The number of rotatable bonds is 1. The van der Waals surface area contributed by atoms with Crippen molar-refractivity contribution in [2.24, 2.45) is 0 Å². The molecule has 0 atom stereocenters. The molecule has 1 fully saturated rings. The average Bonchev–Trinajstić information content (AvgIpc) is 2.88. The Hall–Kier alpha value is -1.51. The van der Waals surface area contributed by atoms with Gasteiger partial charge in [0.15, 0.2) is 0 Å². The van der Waals surface area contributed by atoms with E-state index in [0.717, 1.165) is 12.2 Å². The van der Waals surface area contributed by atoms with Crippen molar-refractivity contribution in [2.45, 2.75) is 31.1 Å². The zero-order valence-corrected chi connectivity index (χ0v) is 9.12. The second-order valence-electron chi connectivity index (χ2n) is 4.91. The number of anilines is 1. The number of fused-ring (bicyclic) bond motifs is 2. The van der Waals surface area contributed by atoms with Gasteiger partial charge in [-0.25, -0.2) is 4.79 Å². The summed E-state index contributed by atoms with van der Waals surface area (Å²) < 4.78 is 0. The molecule has 0 unspecified atom stereocenters. The van der Waals surface area contributed by atoms with Gasteiger partial charge in [0, 0.05) is 17.6 Å². The van der Waals surface area contributed by atoms with Crippen LogP contribution in [0.4, 0.5) is 5.69 Å². The lowest BCUT2D eigenvalue weighted by Gasteiger charge is -2.22. The van der Waals surface area contributed by atoms with Crippen LogP contribution in [0.5, 0.6) is 0 Å². The van der Waals surface area contributed by atoms with Crippen LogP contribution in [0.15, 0.2) is 18.2 Å². The van der Waals surface area contributed by atoms with Crippen LogP contribution in [0.2, 0.25) is 0 Å². The van der Waals surface area contributed by atoms with Gasteiger partial charge in [-0.2, -0.15) is 0 Å².